The van der Waals surface area contributed by atoms with Crippen LogP contribution in [-0.4, -0.2) is 117 Å². The van der Waals surface area contributed by atoms with Crippen molar-refractivity contribution in [3.05, 3.63) is 46.5 Å². The molecule has 0 aromatic heterocycles. The topological polar surface area (TPSA) is 178 Å². The van der Waals surface area contributed by atoms with E-state index in [1.807, 2.05) is 17.9 Å². The van der Waals surface area contributed by atoms with Crippen molar-refractivity contribution < 1.29 is 50.9 Å². The Morgan fingerprint density at radius 3 is 2.08 bits per heavy atom. The van der Waals surface area contributed by atoms with E-state index >= 15 is 0 Å². The number of aryl methyl sites for hydroxylation is 1. The number of carbonyl (C=O) groups is 3. The highest BCUT2D eigenvalue weighted by molar-refractivity contribution is 7.86. The third kappa shape index (κ3) is 8.47. The lowest BCUT2D eigenvalue weighted by atomic mass is 10.00. The summed E-state index contributed by atoms with van der Waals surface area (Å²) in [5.74, 6) is 0.816. The molecule has 0 saturated carbocycles. The molecule has 0 spiro atoms. The number of fused-ring (bicyclic) bond motifs is 4. The Morgan fingerprint density at radius 1 is 0.868 bits per heavy atom. The first-order valence-corrected chi connectivity index (χ1v) is 22.2. The number of nitrogens with zero attached hydrogens (tertiary/aromatic N) is 2. The first-order chi connectivity index (χ1) is 25.4. The molecule has 2 unspecified atom stereocenters. The number of carbonyl (C=O) groups excluding carboxylic acids is 3. The Morgan fingerprint density at radius 2 is 1.45 bits per heavy atom. The smallest absolute Gasteiger partial charge is 0.270 e. The van der Waals surface area contributed by atoms with Crippen molar-refractivity contribution in [3.8, 4) is 23.0 Å². The molecular weight excluding hydrogens is 725 g/mol. The summed E-state index contributed by atoms with van der Waals surface area (Å²) in [6.45, 7) is 3.04. The Bertz CT molecular complexity index is 1890. The number of hydrogen-bond acceptors (Lipinski definition) is 10. The number of ether oxygens (including phenoxy) is 4. The number of rotatable bonds is 15. The van der Waals surface area contributed by atoms with Gasteiger partial charge in [-0.1, -0.05) is 6.92 Å². The molecule has 3 amide bonds. The zero-order chi connectivity index (χ0) is 37.9. The zero-order valence-corrected chi connectivity index (χ0v) is 32.3. The molecule has 6 rings (SSSR count). The molecule has 2 aromatic carbocycles. The van der Waals surface area contributed by atoms with Crippen LogP contribution in [0, 0.1) is 0 Å². The lowest BCUT2D eigenvalue weighted by Crippen LogP contribution is -2.44. The quantitative estimate of drug-likeness (QED) is 0.194. The summed E-state index contributed by atoms with van der Waals surface area (Å²) < 4.78 is 72.9. The Balaban J connectivity index is 1.17. The van der Waals surface area contributed by atoms with E-state index in [9.17, 15) is 31.9 Å². The van der Waals surface area contributed by atoms with Crippen LogP contribution >= 0.6 is 7.14 Å². The summed E-state index contributed by atoms with van der Waals surface area (Å²) in [5.41, 5.74) is 2.20. The van der Waals surface area contributed by atoms with Gasteiger partial charge in [0.05, 0.1) is 39.8 Å². The highest BCUT2D eigenvalue weighted by Gasteiger charge is 2.45. The highest BCUT2D eigenvalue weighted by Crippen LogP contribution is 2.45. The highest BCUT2D eigenvalue weighted by atomic mass is 32.2. The predicted octanol–water partition coefficient (Wildman–Crippen LogP) is 4.37. The summed E-state index contributed by atoms with van der Waals surface area (Å²) in [7, 11) is -4.68. The predicted molar refractivity (Wildman–Crippen MR) is 198 cm³/mol. The molecule has 16 heteroatoms. The average Bonchev–Trinajstić information content (AvgIpc) is 3.77. The van der Waals surface area contributed by atoms with Gasteiger partial charge in [0.15, 0.2) is 23.0 Å². The maximum absolute atomic E-state index is 14.4. The first-order valence-electron chi connectivity index (χ1n) is 18.4. The fourth-order valence-corrected chi connectivity index (χ4v) is 11.0. The van der Waals surface area contributed by atoms with Gasteiger partial charge in [-0.05, 0) is 86.8 Å². The van der Waals surface area contributed by atoms with E-state index in [2.05, 4.69) is 5.32 Å². The van der Waals surface area contributed by atoms with Crippen molar-refractivity contribution in [2.75, 3.05) is 59.1 Å². The second-order valence-corrected chi connectivity index (χ2v) is 19.3. The summed E-state index contributed by atoms with van der Waals surface area (Å²) in [6.07, 6.45) is 5.70. The van der Waals surface area contributed by atoms with Gasteiger partial charge in [0.1, 0.15) is 12.4 Å². The number of hydrogen-bond donors (Lipinski definition) is 2. The van der Waals surface area contributed by atoms with Crippen molar-refractivity contribution in [1.82, 2.24) is 15.1 Å². The number of amides is 3. The molecule has 53 heavy (non-hydrogen) atoms. The molecule has 0 aliphatic carbocycles. The van der Waals surface area contributed by atoms with E-state index in [1.165, 1.54) is 25.2 Å². The lowest BCUT2D eigenvalue weighted by Gasteiger charge is -2.26. The van der Waals surface area contributed by atoms with Gasteiger partial charge in [0, 0.05) is 49.0 Å². The van der Waals surface area contributed by atoms with Gasteiger partial charge in [-0.3, -0.25) is 18.9 Å². The minimum atomic E-state index is -4.47. The normalized spacial score (nSPS) is 22.1. The van der Waals surface area contributed by atoms with Crippen LogP contribution in [0.25, 0.3) is 0 Å². The van der Waals surface area contributed by atoms with Crippen LogP contribution in [0.1, 0.15) is 83.7 Å². The molecule has 4 atom stereocenters. The summed E-state index contributed by atoms with van der Waals surface area (Å²) >= 11 is 0. The molecular formula is C37H50N3O11PS. The van der Waals surface area contributed by atoms with Gasteiger partial charge in [-0.25, -0.2) is 0 Å². The fraction of sp³-hybridized carbons (Fsp3) is 0.595. The van der Waals surface area contributed by atoms with E-state index < -0.39 is 28.6 Å². The van der Waals surface area contributed by atoms with Crippen molar-refractivity contribution in [1.29, 1.82) is 0 Å². The minimum absolute atomic E-state index is 0.00784. The SMILES string of the molecule is CCCC(=O)NCP(=O)(CCOc1cc2c(cc1OC)C(=O)N1CCC[C@H]1CC2)CCOc1cc2c(cc1OC)C(=O)N1CCC[C@H]1C(S(=O)(=O)O)C2. The van der Waals surface area contributed by atoms with Crippen molar-refractivity contribution in [3.63, 3.8) is 0 Å². The van der Waals surface area contributed by atoms with E-state index in [1.54, 1.807) is 12.1 Å². The Labute approximate surface area is 311 Å². The Kier molecular flexibility index (Phi) is 11.9. The van der Waals surface area contributed by atoms with Crippen LogP contribution in [0.2, 0.25) is 0 Å². The molecule has 4 aliphatic heterocycles. The van der Waals surface area contributed by atoms with E-state index in [-0.39, 0.29) is 79.1 Å². The van der Waals surface area contributed by atoms with Gasteiger partial charge >= 0.3 is 0 Å². The Hall–Kier alpha value is -3.81. The summed E-state index contributed by atoms with van der Waals surface area (Å²) in [4.78, 5) is 42.7. The van der Waals surface area contributed by atoms with Crippen LogP contribution < -0.4 is 24.3 Å². The number of benzene rings is 2. The molecule has 290 valence electrons. The molecule has 2 fully saturated rings. The fourth-order valence-electron chi connectivity index (χ4n) is 8.11. The standard InChI is InChI=1S/C37H50N3O11PS/c1-4-7-35(41)38-23-52(44,16-14-50-32-18-24-10-11-26-8-5-12-39(26)36(42)27(24)21-30(32)48-2)17-15-51-33-19-25-20-34(53(45,46)47)29-9-6-13-40(29)37(43)28(25)22-31(33)49-3/h18-19,21-22,26,29,34H,4-17,20,23H2,1-3H3,(H,38,41)(H,45,46,47)/t26-,29-,34?,52?/m0/s1. The van der Waals surface area contributed by atoms with E-state index in [4.69, 9.17) is 18.9 Å². The van der Waals surface area contributed by atoms with Gasteiger partial charge < -0.3 is 38.6 Å². The lowest BCUT2D eigenvalue weighted by molar-refractivity contribution is -0.120. The van der Waals surface area contributed by atoms with Gasteiger partial charge in [-0.2, -0.15) is 8.42 Å². The molecule has 14 nitrogen and oxygen atoms in total. The van der Waals surface area contributed by atoms with Crippen LogP contribution in [-0.2, 0) is 32.3 Å². The maximum atomic E-state index is 14.4. The zero-order valence-electron chi connectivity index (χ0n) is 30.6. The number of nitrogens with one attached hydrogen (secondary N) is 1. The molecule has 4 aliphatic rings. The van der Waals surface area contributed by atoms with Crippen molar-refractivity contribution >= 4 is 35.0 Å². The van der Waals surface area contributed by atoms with E-state index in [0.29, 0.717) is 54.9 Å². The van der Waals surface area contributed by atoms with Gasteiger partial charge in [-0.15, -0.1) is 0 Å². The molecule has 4 heterocycles. The third-order valence-corrected chi connectivity index (χ3v) is 14.9. The average molecular weight is 776 g/mol. The van der Waals surface area contributed by atoms with Gasteiger partial charge in [0.2, 0.25) is 5.91 Å². The van der Waals surface area contributed by atoms with Gasteiger partial charge in [0.25, 0.3) is 21.9 Å². The maximum Gasteiger partial charge on any atom is 0.270 e. The summed E-state index contributed by atoms with van der Waals surface area (Å²) in [5, 5.41) is 1.62. The minimum Gasteiger partial charge on any atom is -0.493 e. The van der Waals surface area contributed by atoms with Crippen LogP contribution in [0.5, 0.6) is 23.0 Å². The molecule has 2 aromatic rings. The molecule has 0 radical (unpaired) electrons. The second kappa shape index (κ2) is 16.3. The monoisotopic (exact) mass is 775 g/mol. The van der Waals surface area contributed by atoms with Crippen LogP contribution in [0.4, 0.5) is 0 Å². The third-order valence-electron chi connectivity index (χ3n) is 11.0. The molecule has 2 saturated heterocycles. The summed E-state index contributed by atoms with van der Waals surface area (Å²) in [6, 6.07) is 6.26. The van der Waals surface area contributed by atoms with Crippen molar-refractivity contribution in [2.45, 2.75) is 82.0 Å². The number of methoxy groups -OCH3 is 2. The molecule has 2 N–H and O–H groups in total. The van der Waals surface area contributed by atoms with E-state index in [0.717, 1.165) is 37.8 Å². The molecule has 0 bridgehead atoms. The largest absolute Gasteiger partial charge is 0.493 e. The van der Waals surface area contributed by atoms with Crippen LogP contribution in [0.15, 0.2) is 24.3 Å². The second-order valence-electron chi connectivity index (χ2n) is 14.3. The van der Waals surface area contributed by atoms with Crippen molar-refractivity contribution in [2.24, 2.45) is 0 Å². The van der Waals surface area contributed by atoms with Crippen LogP contribution in [0.3, 0.4) is 0 Å². The first kappa shape index (κ1) is 38.9.